The van der Waals surface area contributed by atoms with Crippen molar-refractivity contribution in [2.75, 3.05) is 0 Å². The van der Waals surface area contributed by atoms with E-state index in [2.05, 4.69) is 15.6 Å². The first-order valence-electron chi connectivity index (χ1n) is 3.18. The molecule has 1 saturated heterocycles. The van der Waals surface area contributed by atoms with Crippen LogP contribution in [0.15, 0.2) is 4.99 Å². The van der Waals surface area contributed by atoms with Crippen LogP contribution < -0.4 is 16.0 Å². The molecule has 0 spiro atoms. The molecule has 2 heterocycles. The summed E-state index contributed by atoms with van der Waals surface area (Å²) in [5.74, 6) is -0.637. The third kappa shape index (κ3) is 0.831. The van der Waals surface area contributed by atoms with Crippen molar-refractivity contribution in [1.82, 2.24) is 16.0 Å². The quantitative estimate of drug-likeness (QED) is 0.402. The zero-order valence-corrected chi connectivity index (χ0v) is 5.75. The van der Waals surface area contributed by atoms with Gasteiger partial charge in [-0.3, -0.25) is 10.1 Å². The maximum atomic E-state index is 10.9. The van der Waals surface area contributed by atoms with Gasteiger partial charge in [0.1, 0.15) is 0 Å². The van der Waals surface area contributed by atoms with Crippen LogP contribution in [0.1, 0.15) is 0 Å². The number of carbonyl (C=O) groups excluding carboxylic acids is 3. The van der Waals surface area contributed by atoms with Gasteiger partial charge in [-0.05, 0) is 0 Å². The number of urea groups is 2. The van der Waals surface area contributed by atoms with Gasteiger partial charge in [-0.1, -0.05) is 0 Å². The van der Waals surface area contributed by atoms with Crippen molar-refractivity contribution >= 4 is 23.7 Å². The number of aliphatic imine (C=N–C) groups is 1. The highest BCUT2D eigenvalue weighted by atomic mass is 16.2. The molecule has 0 saturated carbocycles. The third-order valence-corrected chi connectivity index (χ3v) is 1.50. The Kier molecular flexibility index (Phi) is 1.15. The first kappa shape index (κ1) is 6.77. The van der Waals surface area contributed by atoms with Gasteiger partial charge in [0.05, 0.1) is 0 Å². The molecule has 7 heteroatoms. The van der Waals surface area contributed by atoms with Gasteiger partial charge < -0.3 is 10.6 Å². The summed E-state index contributed by atoms with van der Waals surface area (Å²) >= 11 is 0. The molecule has 0 aromatic rings. The van der Waals surface area contributed by atoms with Gasteiger partial charge in [-0.15, -0.1) is 0 Å². The molecular formula is C5H4N4O3. The number of imide groups is 1. The summed E-state index contributed by atoms with van der Waals surface area (Å²) in [6, 6.07) is -1.25. The fourth-order valence-electron chi connectivity index (χ4n) is 1.02. The molecule has 0 bridgehead atoms. The van der Waals surface area contributed by atoms with Gasteiger partial charge in [0.25, 0.3) is 5.91 Å². The van der Waals surface area contributed by atoms with Gasteiger partial charge in [-0.2, -0.15) is 4.99 Å². The van der Waals surface area contributed by atoms with Gasteiger partial charge >= 0.3 is 12.1 Å². The lowest BCUT2D eigenvalue weighted by Crippen LogP contribution is -2.61. The molecule has 12 heavy (non-hydrogen) atoms. The van der Waals surface area contributed by atoms with Crippen LogP contribution in [0.5, 0.6) is 0 Å². The molecule has 0 aromatic heterocycles. The average molecular weight is 168 g/mol. The monoisotopic (exact) mass is 168 g/mol. The molecule has 1 fully saturated rings. The Morgan fingerprint density at radius 1 is 1.17 bits per heavy atom. The van der Waals surface area contributed by atoms with Crippen LogP contribution in [0, 0.1) is 0 Å². The first-order valence-corrected chi connectivity index (χ1v) is 3.18. The van der Waals surface area contributed by atoms with Crippen LogP contribution in [0.4, 0.5) is 9.59 Å². The molecule has 62 valence electrons. The van der Waals surface area contributed by atoms with Crippen LogP contribution in [0.25, 0.3) is 0 Å². The van der Waals surface area contributed by atoms with Crippen molar-refractivity contribution in [1.29, 1.82) is 0 Å². The number of carbonyl (C=O) groups is 3. The second-order valence-electron chi connectivity index (χ2n) is 2.31. The Balaban J connectivity index is 2.32. The SMILES string of the molecule is O=C1N=C2C(=O)NC(=O)N[C@H]2N1. The minimum atomic E-state index is -0.765. The summed E-state index contributed by atoms with van der Waals surface area (Å²) in [4.78, 5) is 35.6. The molecule has 0 aliphatic carbocycles. The Morgan fingerprint density at radius 3 is 2.67 bits per heavy atom. The number of hydrogen-bond donors (Lipinski definition) is 3. The summed E-state index contributed by atoms with van der Waals surface area (Å²) in [7, 11) is 0. The molecule has 2 aliphatic heterocycles. The highest BCUT2D eigenvalue weighted by Crippen LogP contribution is 2.01. The van der Waals surface area contributed by atoms with Crippen LogP contribution in [-0.2, 0) is 4.79 Å². The van der Waals surface area contributed by atoms with Crippen LogP contribution >= 0.6 is 0 Å². The zero-order chi connectivity index (χ0) is 8.72. The van der Waals surface area contributed by atoms with E-state index in [4.69, 9.17) is 0 Å². The summed E-state index contributed by atoms with van der Waals surface area (Å²) in [6.07, 6.45) is -0.765. The lowest BCUT2D eigenvalue weighted by atomic mass is 10.2. The molecule has 0 radical (unpaired) electrons. The Labute approximate surface area is 66.2 Å². The van der Waals surface area contributed by atoms with E-state index < -0.39 is 24.1 Å². The van der Waals surface area contributed by atoms with Crippen molar-refractivity contribution < 1.29 is 14.4 Å². The van der Waals surface area contributed by atoms with Crippen molar-refractivity contribution in [3.63, 3.8) is 0 Å². The summed E-state index contributed by atoms with van der Waals surface area (Å²) in [6.45, 7) is 0. The van der Waals surface area contributed by atoms with E-state index >= 15 is 0 Å². The standard InChI is InChI=1S/C5H4N4O3/c10-3-1-2(7-4(11)6-1)8-5(12)9-3/h2H,(H,7,11)(H2,8,9,10,12)/t2-/m1/s1. The van der Waals surface area contributed by atoms with Crippen LogP contribution in [0.3, 0.4) is 0 Å². The largest absolute Gasteiger partial charge is 0.343 e. The highest BCUT2D eigenvalue weighted by molar-refractivity contribution is 6.47. The minimum absolute atomic E-state index is 0.000370. The second kappa shape index (κ2) is 2.03. The summed E-state index contributed by atoms with van der Waals surface area (Å²) in [5, 5.41) is 6.55. The zero-order valence-electron chi connectivity index (χ0n) is 5.75. The van der Waals surface area contributed by atoms with E-state index in [9.17, 15) is 14.4 Å². The van der Waals surface area contributed by atoms with E-state index in [1.807, 2.05) is 5.32 Å². The fourth-order valence-corrected chi connectivity index (χ4v) is 1.02. The van der Waals surface area contributed by atoms with Crippen molar-refractivity contribution in [2.24, 2.45) is 4.99 Å². The van der Waals surface area contributed by atoms with E-state index in [0.29, 0.717) is 0 Å². The topological polar surface area (TPSA) is 99.7 Å². The van der Waals surface area contributed by atoms with E-state index in [1.165, 1.54) is 0 Å². The van der Waals surface area contributed by atoms with Gasteiger partial charge in [-0.25, -0.2) is 9.59 Å². The van der Waals surface area contributed by atoms with Crippen LogP contribution in [0.2, 0.25) is 0 Å². The smallest absolute Gasteiger partial charge is 0.312 e. The van der Waals surface area contributed by atoms with Crippen molar-refractivity contribution in [3.8, 4) is 0 Å². The lowest BCUT2D eigenvalue weighted by molar-refractivity contribution is -0.114. The Morgan fingerprint density at radius 2 is 1.92 bits per heavy atom. The molecule has 1 atom stereocenters. The van der Waals surface area contributed by atoms with E-state index in [-0.39, 0.29) is 5.71 Å². The summed E-state index contributed by atoms with van der Waals surface area (Å²) in [5.41, 5.74) is -0.000370. The predicted molar refractivity (Wildman–Crippen MR) is 36.4 cm³/mol. The molecule has 0 unspecified atom stereocenters. The van der Waals surface area contributed by atoms with E-state index in [1.54, 1.807) is 0 Å². The minimum Gasteiger partial charge on any atom is -0.312 e. The highest BCUT2D eigenvalue weighted by Gasteiger charge is 2.36. The van der Waals surface area contributed by atoms with Gasteiger partial charge in [0.15, 0.2) is 11.9 Å². The van der Waals surface area contributed by atoms with Crippen molar-refractivity contribution in [2.45, 2.75) is 6.17 Å². The summed E-state index contributed by atoms with van der Waals surface area (Å²) < 4.78 is 0. The lowest BCUT2D eigenvalue weighted by Gasteiger charge is -2.19. The molecule has 3 N–H and O–H groups in total. The number of rotatable bonds is 0. The normalized spacial score (nSPS) is 26.8. The second-order valence-corrected chi connectivity index (χ2v) is 2.31. The Bertz CT molecular complexity index is 321. The van der Waals surface area contributed by atoms with Gasteiger partial charge in [0.2, 0.25) is 0 Å². The number of nitrogens with zero attached hydrogens (tertiary/aromatic N) is 1. The van der Waals surface area contributed by atoms with Gasteiger partial charge in [0, 0.05) is 0 Å². The fraction of sp³-hybridized carbons (Fsp3) is 0.200. The molecule has 2 aliphatic rings. The number of nitrogens with one attached hydrogen (secondary N) is 3. The third-order valence-electron chi connectivity index (χ3n) is 1.50. The first-order chi connectivity index (χ1) is 5.66. The molecule has 2 rings (SSSR count). The molecule has 0 aromatic carbocycles. The Hall–Kier alpha value is -1.92. The molecular weight excluding hydrogens is 164 g/mol. The number of amides is 5. The number of hydrogen-bond acceptors (Lipinski definition) is 3. The van der Waals surface area contributed by atoms with Crippen LogP contribution in [-0.4, -0.2) is 29.8 Å². The molecule has 7 nitrogen and oxygen atoms in total. The maximum absolute atomic E-state index is 10.9. The maximum Gasteiger partial charge on any atom is 0.343 e. The van der Waals surface area contributed by atoms with E-state index in [0.717, 1.165) is 0 Å². The predicted octanol–water partition coefficient (Wildman–Crippen LogP) is -1.68. The van der Waals surface area contributed by atoms with Crippen molar-refractivity contribution in [3.05, 3.63) is 0 Å². The molecule has 5 amide bonds. The average Bonchev–Trinajstić information content (AvgIpc) is 2.29. The number of fused-ring (bicyclic) bond motifs is 1.